The molecular formula is C16H31N. The molecular weight excluding hydrogens is 206 g/mol. The van der Waals surface area contributed by atoms with Crippen molar-refractivity contribution in [3.8, 4) is 0 Å². The van der Waals surface area contributed by atoms with Crippen LogP contribution in [0.1, 0.15) is 72.1 Å². The van der Waals surface area contributed by atoms with Crippen LogP contribution in [0, 0.1) is 17.8 Å². The Labute approximate surface area is 108 Å². The molecule has 1 N–H and O–H groups in total. The molecule has 2 saturated carbocycles. The lowest BCUT2D eigenvalue weighted by molar-refractivity contribution is 0.142. The van der Waals surface area contributed by atoms with Gasteiger partial charge in [-0.25, -0.2) is 0 Å². The number of nitrogens with one attached hydrogen (secondary N) is 1. The van der Waals surface area contributed by atoms with Crippen LogP contribution in [-0.2, 0) is 0 Å². The van der Waals surface area contributed by atoms with Crippen molar-refractivity contribution in [3.05, 3.63) is 0 Å². The van der Waals surface area contributed by atoms with Crippen LogP contribution < -0.4 is 5.32 Å². The predicted molar refractivity (Wildman–Crippen MR) is 75.1 cm³/mol. The molecule has 0 aromatic rings. The largest absolute Gasteiger partial charge is 0.311 e. The van der Waals surface area contributed by atoms with E-state index in [1.54, 1.807) is 0 Å². The van der Waals surface area contributed by atoms with Gasteiger partial charge in [-0.1, -0.05) is 33.6 Å². The van der Waals surface area contributed by atoms with Crippen LogP contribution in [0.25, 0.3) is 0 Å². The Hall–Kier alpha value is -0.0400. The van der Waals surface area contributed by atoms with Crippen molar-refractivity contribution >= 4 is 0 Å². The van der Waals surface area contributed by atoms with Gasteiger partial charge in [0.15, 0.2) is 0 Å². The smallest absolute Gasteiger partial charge is 0.00751 e. The van der Waals surface area contributed by atoms with E-state index >= 15 is 0 Å². The highest BCUT2D eigenvalue weighted by Crippen LogP contribution is 2.35. The van der Waals surface area contributed by atoms with E-state index in [0.29, 0.717) is 0 Å². The zero-order valence-corrected chi connectivity index (χ0v) is 12.0. The molecule has 0 aromatic carbocycles. The van der Waals surface area contributed by atoms with E-state index in [4.69, 9.17) is 0 Å². The van der Waals surface area contributed by atoms with Gasteiger partial charge in [-0.2, -0.15) is 0 Å². The highest BCUT2D eigenvalue weighted by molar-refractivity contribution is 4.90. The molecule has 1 nitrogen and oxygen atoms in total. The molecule has 0 spiro atoms. The average molecular weight is 237 g/mol. The fourth-order valence-electron chi connectivity index (χ4n) is 3.70. The standard InChI is InChI=1S/C16H31N/c1-4-5-13-6-8-15(9-7-13)17-16-10-14(11-16)12(2)3/h12-17H,4-11H2,1-3H3. The summed E-state index contributed by atoms with van der Waals surface area (Å²) in [6, 6.07) is 1.70. The van der Waals surface area contributed by atoms with Gasteiger partial charge in [0, 0.05) is 12.1 Å². The van der Waals surface area contributed by atoms with Crippen molar-refractivity contribution in [2.75, 3.05) is 0 Å². The molecule has 2 aliphatic rings. The van der Waals surface area contributed by atoms with Gasteiger partial charge in [-0.3, -0.25) is 0 Å². The summed E-state index contributed by atoms with van der Waals surface area (Å²) < 4.78 is 0. The van der Waals surface area contributed by atoms with Crippen LogP contribution in [0.15, 0.2) is 0 Å². The van der Waals surface area contributed by atoms with Gasteiger partial charge in [-0.05, 0) is 56.3 Å². The fourth-order valence-corrected chi connectivity index (χ4v) is 3.70. The van der Waals surface area contributed by atoms with Crippen molar-refractivity contribution in [2.45, 2.75) is 84.2 Å². The van der Waals surface area contributed by atoms with Gasteiger partial charge in [0.25, 0.3) is 0 Å². The minimum atomic E-state index is 0.848. The van der Waals surface area contributed by atoms with E-state index in [1.807, 2.05) is 0 Å². The molecule has 2 fully saturated rings. The molecule has 0 unspecified atom stereocenters. The molecule has 2 rings (SSSR count). The maximum absolute atomic E-state index is 3.90. The van der Waals surface area contributed by atoms with Crippen LogP contribution in [-0.4, -0.2) is 12.1 Å². The van der Waals surface area contributed by atoms with E-state index in [1.165, 1.54) is 51.4 Å². The summed E-state index contributed by atoms with van der Waals surface area (Å²) in [4.78, 5) is 0. The predicted octanol–water partition coefficient (Wildman–Crippen LogP) is 4.37. The monoisotopic (exact) mass is 237 g/mol. The van der Waals surface area contributed by atoms with E-state index in [0.717, 1.165) is 29.8 Å². The van der Waals surface area contributed by atoms with Crippen molar-refractivity contribution in [3.63, 3.8) is 0 Å². The quantitative estimate of drug-likeness (QED) is 0.748. The molecule has 2 aliphatic carbocycles. The molecule has 1 heteroatoms. The second-order valence-electron chi connectivity index (χ2n) is 6.85. The summed E-state index contributed by atoms with van der Waals surface area (Å²) >= 11 is 0. The summed E-state index contributed by atoms with van der Waals surface area (Å²) in [5.41, 5.74) is 0. The zero-order chi connectivity index (χ0) is 12.3. The first-order valence-electron chi connectivity index (χ1n) is 7.95. The summed E-state index contributed by atoms with van der Waals surface area (Å²) in [6.07, 6.45) is 11.5. The Morgan fingerprint density at radius 2 is 1.65 bits per heavy atom. The van der Waals surface area contributed by atoms with Crippen molar-refractivity contribution in [1.29, 1.82) is 0 Å². The van der Waals surface area contributed by atoms with Crippen LogP contribution in [0.3, 0.4) is 0 Å². The minimum Gasteiger partial charge on any atom is -0.311 e. The van der Waals surface area contributed by atoms with Gasteiger partial charge >= 0.3 is 0 Å². The molecule has 17 heavy (non-hydrogen) atoms. The van der Waals surface area contributed by atoms with Gasteiger partial charge in [0.2, 0.25) is 0 Å². The molecule has 0 amide bonds. The minimum absolute atomic E-state index is 0.848. The molecule has 0 radical (unpaired) electrons. The highest BCUT2D eigenvalue weighted by Gasteiger charge is 2.33. The first-order valence-corrected chi connectivity index (χ1v) is 7.95. The van der Waals surface area contributed by atoms with Gasteiger partial charge < -0.3 is 5.32 Å². The molecule has 0 aromatic heterocycles. The molecule has 0 bridgehead atoms. The third kappa shape index (κ3) is 3.71. The Morgan fingerprint density at radius 3 is 2.18 bits per heavy atom. The van der Waals surface area contributed by atoms with Gasteiger partial charge in [0.1, 0.15) is 0 Å². The SMILES string of the molecule is CCCC1CCC(NC2CC(C(C)C)C2)CC1. The molecule has 0 heterocycles. The van der Waals surface area contributed by atoms with Crippen LogP contribution in [0.2, 0.25) is 0 Å². The highest BCUT2D eigenvalue weighted by atomic mass is 15.0. The zero-order valence-electron chi connectivity index (χ0n) is 12.0. The normalized spacial score (nSPS) is 38.1. The molecule has 0 aliphatic heterocycles. The lowest BCUT2D eigenvalue weighted by atomic mass is 9.73. The lowest BCUT2D eigenvalue weighted by Crippen LogP contribution is -2.48. The van der Waals surface area contributed by atoms with Crippen LogP contribution in [0.5, 0.6) is 0 Å². The fraction of sp³-hybridized carbons (Fsp3) is 1.00. The van der Waals surface area contributed by atoms with Crippen molar-refractivity contribution in [1.82, 2.24) is 5.32 Å². The van der Waals surface area contributed by atoms with E-state index in [2.05, 4.69) is 26.1 Å². The summed E-state index contributed by atoms with van der Waals surface area (Å²) in [7, 11) is 0. The molecule has 100 valence electrons. The third-order valence-electron chi connectivity index (χ3n) is 5.13. The summed E-state index contributed by atoms with van der Waals surface area (Å²) in [6.45, 7) is 7.07. The first-order chi connectivity index (χ1) is 8.19. The Bertz CT molecular complexity index is 210. The van der Waals surface area contributed by atoms with E-state index in [9.17, 15) is 0 Å². The Balaban J connectivity index is 1.60. The van der Waals surface area contributed by atoms with Crippen molar-refractivity contribution < 1.29 is 0 Å². The number of hydrogen-bond acceptors (Lipinski definition) is 1. The Morgan fingerprint density at radius 1 is 1.00 bits per heavy atom. The van der Waals surface area contributed by atoms with Crippen LogP contribution >= 0.6 is 0 Å². The van der Waals surface area contributed by atoms with E-state index < -0.39 is 0 Å². The van der Waals surface area contributed by atoms with Gasteiger partial charge in [0.05, 0.1) is 0 Å². The second-order valence-corrected chi connectivity index (χ2v) is 6.85. The third-order valence-corrected chi connectivity index (χ3v) is 5.13. The molecule has 0 saturated heterocycles. The second kappa shape index (κ2) is 6.22. The van der Waals surface area contributed by atoms with Crippen molar-refractivity contribution in [2.24, 2.45) is 17.8 Å². The summed E-state index contributed by atoms with van der Waals surface area (Å²) in [5, 5.41) is 3.90. The lowest BCUT2D eigenvalue weighted by Gasteiger charge is -2.42. The number of hydrogen-bond donors (Lipinski definition) is 1. The first kappa shape index (κ1) is 13.4. The van der Waals surface area contributed by atoms with Crippen LogP contribution in [0.4, 0.5) is 0 Å². The topological polar surface area (TPSA) is 12.0 Å². The van der Waals surface area contributed by atoms with E-state index in [-0.39, 0.29) is 0 Å². The summed E-state index contributed by atoms with van der Waals surface area (Å²) in [5.74, 6) is 2.94. The Kier molecular flexibility index (Phi) is 4.90. The average Bonchev–Trinajstić information content (AvgIpc) is 2.25. The maximum Gasteiger partial charge on any atom is 0.00751 e. The van der Waals surface area contributed by atoms with Gasteiger partial charge in [-0.15, -0.1) is 0 Å². The maximum atomic E-state index is 3.90. The molecule has 0 atom stereocenters. The number of rotatable bonds is 5.